The van der Waals surface area contributed by atoms with Crippen LogP contribution >= 0.6 is 0 Å². The number of aromatic nitrogens is 3. The van der Waals surface area contributed by atoms with Gasteiger partial charge in [-0.05, 0) is 32.9 Å². The van der Waals surface area contributed by atoms with Crippen LogP contribution in [0.1, 0.15) is 44.4 Å². The van der Waals surface area contributed by atoms with Crippen LogP contribution < -0.4 is 5.32 Å². The molecule has 1 unspecified atom stereocenters. The Hall–Kier alpha value is -1.62. The van der Waals surface area contributed by atoms with Crippen LogP contribution in [0, 0.1) is 0 Å². The van der Waals surface area contributed by atoms with Crippen LogP contribution in [-0.4, -0.2) is 14.8 Å². The topological polar surface area (TPSA) is 55.9 Å². The summed E-state index contributed by atoms with van der Waals surface area (Å²) in [6, 6.07) is 4.35. The average Bonchev–Trinajstić information content (AvgIpc) is 2.96. The molecule has 5 nitrogen and oxygen atoms in total. The molecular weight excluding hydrogens is 216 g/mol. The summed E-state index contributed by atoms with van der Waals surface area (Å²) in [7, 11) is 0. The van der Waals surface area contributed by atoms with Crippen molar-refractivity contribution in [3.63, 3.8) is 0 Å². The minimum absolute atomic E-state index is 0.169. The predicted molar refractivity (Wildman–Crippen MR) is 64.4 cm³/mol. The van der Waals surface area contributed by atoms with Gasteiger partial charge in [0, 0.05) is 6.04 Å². The molecule has 0 amide bonds. The summed E-state index contributed by atoms with van der Waals surface area (Å²) in [6.45, 7) is 6.93. The van der Waals surface area contributed by atoms with Crippen LogP contribution in [0.3, 0.4) is 0 Å². The number of nitrogens with zero attached hydrogens (tertiary/aromatic N) is 3. The van der Waals surface area contributed by atoms with Crippen LogP contribution in [0.15, 0.2) is 29.1 Å². The van der Waals surface area contributed by atoms with E-state index in [1.165, 1.54) is 0 Å². The monoisotopic (exact) mass is 234 g/mol. The van der Waals surface area contributed by atoms with Gasteiger partial charge >= 0.3 is 0 Å². The highest BCUT2D eigenvalue weighted by atomic mass is 16.3. The molecule has 0 saturated heterocycles. The molecule has 92 valence electrons. The van der Waals surface area contributed by atoms with Crippen LogP contribution in [0.4, 0.5) is 0 Å². The van der Waals surface area contributed by atoms with Gasteiger partial charge in [-0.3, -0.25) is 0 Å². The minimum atomic E-state index is 0.169. The molecule has 0 spiro atoms. The number of hydrogen-bond acceptors (Lipinski definition) is 4. The van der Waals surface area contributed by atoms with E-state index >= 15 is 0 Å². The zero-order valence-corrected chi connectivity index (χ0v) is 10.4. The SMILES string of the molecule is CC(NCc1ncnn1C(C)C)c1ccco1. The van der Waals surface area contributed by atoms with E-state index in [1.54, 1.807) is 12.6 Å². The summed E-state index contributed by atoms with van der Waals surface area (Å²) < 4.78 is 7.26. The lowest BCUT2D eigenvalue weighted by Gasteiger charge is -2.13. The smallest absolute Gasteiger partial charge is 0.141 e. The molecule has 2 aromatic rings. The maximum Gasteiger partial charge on any atom is 0.141 e. The summed E-state index contributed by atoms with van der Waals surface area (Å²) >= 11 is 0. The van der Waals surface area contributed by atoms with Crippen molar-refractivity contribution in [1.82, 2.24) is 20.1 Å². The number of rotatable bonds is 5. The maximum absolute atomic E-state index is 5.34. The van der Waals surface area contributed by atoms with Crippen LogP contribution in [0.5, 0.6) is 0 Å². The third-order valence-electron chi connectivity index (χ3n) is 2.67. The third-order valence-corrected chi connectivity index (χ3v) is 2.67. The first-order valence-corrected chi connectivity index (χ1v) is 5.83. The predicted octanol–water partition coefficient (Wildman–Crippen LogP) is 2.30. The van der Waals surface area contributed by atoms with E-state index in [-0.39, 0.29) is 6.04 Å². The molecule has 0 saturated carbocycles. The van der Waals surface area contributed by atoms with Gasteiger partial charge in [-0.25, -0.2) is 9.67 Å². The molecular formula is C12H18N4O. The highest BCUT2D eigenvalue weighted by Crippen LogP contribution is 2.13. The minimum Gasteiger partial charge on any atom is -0.468 e. The van der Waals surface area contributed by atoms with E-state index in [0.29, 0.717) is 12.6 Å². The average molecular weight is 234 g/mol. The molecule has 1 N–H and O–H groups in total. The Morgan fingerprint density at radius 3 is 2.88 bits per heavy atom. The summed E-state index contributed by atoms with van der Waals surface area (Å²) in [5.41, 5.74) is 0. The van der Waals surface area contributed by atoms with E-state index in [0.717, 1.165) is 11.6 Å². The number of nitrogens with one attached hydrogen (secondary N) is 1. The summed E-state index contributed by atoms with van der Waals surface area (Å²) in [6.07, 6.45) is 3.28. The molecule has 2 aromatic heterocycles. The van der Waals surface area contributed by atoms with Crippen molar-refractivity contribution in [3.05, 3.63) is 36.3 Å². The Kier molecular flexibility index (Phi) is 3.58. The molecule has 0 aromatic carbocycles. The van der Waals surface area contributed by atoms with Crippen LogP contribution in [0.25, 0.3) is 0 Å². The van der Waals surface area contributed by atoms with Crippen LogP contribution in [-0.2, 0) is 6.54 Å². The van der Waals surface area contributed by atoms with Gasteiger partial charge in [-0.2, -0.15) is 5.10 Å². The lowest BCUT2D eigenvalue weighted by Crippen LogP contribution is -2.21. The first kappa shape index (κ1) is 11.9. The number of hydrogen-bond donors (Lipinski definition) is 1. The Labute approximate surface area is 101 Å². The molecule has 2 heterocycles. The molecule has 0 bridgehead atoms. The van der Waals surface area contributed by atoms with Crippen molar-refractivity contribution in [2.24, 2.45) is 0 Å². The first-order valence-electron chi connectivity index (χ1n) is 5.83. The first-order chi connectivity index (χ1) is 8.18. The lowest BCUT2D eigenvalue weighted by molar-refractivity contribution is 0.415. The molecule has 0 fully saturated rings. The van der Waals surface area contributed by atoms with Crippen molar-refractivity contribution in [2.75, 3.05) is 0 Å². The fourth-order valence-corrected chi connectivity index (χ4v) is 1.71. The normalized spacial score (nSPS) is 13.2. The maximum atomic E-state index is 5.34. The molecule has 5 heteroatoms. The van der Waals surface area contributed by atoms with Gasteiger partial charge in [0.15, 0.2) is 0 Å². The fraction of sp³-hybridized carbons (Fsp3) is 0.500. The fourth-order valence-electron chi connectivity index (χ4n) is 1.71. The standard InChI is InChI=1S/C12H18N4O/c1-9(2)16-12(14-8-15-16)7-13-10(3)11-5-4-6-17-11/h4-6,8-10,13H,7H2,1-3H3. The van der Waals surface area contributed by atoms with Gasteiger partial charge in [0.1, 0.15) is 17.9 Å². The van der Waals surface area contributed by atoms with Crippen molar-refractivity contribution < 1.29 is 4.42 Å². The zero-order chi connectivity index (χ0) is 12.3. The molecule has 1 atom stereocenters. The second-order valence-corrected chi connectivity index (χ2v) is 4.33. The zero-order valence-electron chi connectivity index (χ0n) is 10.4. The quantitative estimate of drug-likeness (QED) is 0.862. The van der Waals surface area contributed by atoms with Gasteiger partial charge < -0.3 is 9.73 Å². The van der Waals surface area contributed by atoms with Gasteiger partial charge in [-0.1, -0.05) is 0 Å². The second kappa shape index (κ2) is 5.14. The Bertz CT molecular complexity index is 447. The van der Waals surface area contributed by atoms with E-state index in [2.05, 4.69) is 36.2 Å². The van der Waals surface area contributed by atoms with E-state index < -0.39 is 0 Å². The van der Waals surface area contributed by atoms with Crippen molar-refractivity contribution in [2.45, 2.75) is 39.4 Å². The van der Waals surface area contributed by atoms with Crippen molar-refractivity contribution in [1.29, 1.82) is 0 Å². The van der Waals surface area contributed by atoms with Crippen molar-refractivity contribution in [3.8, 4) is 0 Å². The Morgan fingerprint density at radius 1 is 1.41 bits per heavy atom. The summed E-state index contributed by atoms with van der Waals surface area (Å²) in [4.78, 5) is 4.25. The van der Waals surface area contributed by atoms with Gasteiger partial charge in [0.2, 0.25) is 0 Å². The van der Waals surface area contributed by atoms with E-state index in [1.807, 2.05) is 16.8 Å². The van der Waals surface area contributed by atoms with Gasteiger partial charge in [0.25, 0.3) is 0 Å². The highest BCUT2D eigenvalue weighted by molar-refractivity contribution is 5.03. The lowest BCUT2D eigenvalue weighted by atomic mass is 10.2. The van der Waals surface area contributed by atoms with Gasteiger partial charge in [0.05, 0.1) is 18.8 Å². The highest BCUT2D eigenvalue weighted by Gasteiger charge is 2.11. The molecule has 0 radical (unpaired) electrons. The van der Waals surface area contributed by atoms with E-state index in [4.69, 9.17) is 4.42 Å². The van der Waals surface area contributed by atoms with Crippen molar-refractivity contribution >= 4 is 0 Å². The third kappa shape index (κ3) is 2.74. The van der Waals surface area contributed by atoms with Gasteiger partial charge in [-0.15, -0.1) is 0 Å². The van der Waals surface area contributed by atoms with E-state index in [9.17, 15) is 0 Å². The molecule has 0 aliphatic rings. The molecule has 0 aliphatic carbocycles. The summed E-state index contributed by atoms with van der Waals surface area (Å²) in [5.74, 6) is 1.87. The Morgan fingerprint density at radius 2 is 2.24 bits per heavy atom. The largest absolute Gasteiger partial charge is 0.468 e. The molecule has 17 heavy (non-hydrogen) atoms. The number of furan rings is 1. The van der Waals surface area contributed by atoms with Crippen LogP contribution in [0.2, 0.25) is 0 Å². The Balaban J connectivity index is 1.96. The molecule has 0 aliphatic heterocycles. The molecule has 2 rings (SSSR count). The summed E-state index contributed by atoms with van der Waals surface area (Å²) in [5, 5.41) is 7.56. The second-order valence-electron chi connectivity index (χ2n) is 4.33.